The van der Waals surface area contributed by atoms with Gasteiger partial charge in [0.15, 0.2) is 0 Å². The lowest BCUT2D eigenvalue weighted by Crippen LogP contribution is -1.80. The Balaban J connectivity index is 2.57. The number of allylic oxidation sites excluding steroid dienone is 3. The lowest BCUT2D eigenvalue weighted by atomic mass is 10.2. The van der Waals surface area contributed by atoms with Gasteiger partial charge in [-0.15, -0.1) is 6.58 Å². The van der Waals surface area contributed by atoms with Gasteiger partial charge in [-0.05, 0) is 36.3 Å². The Hall–Kier alpha value is -1.46. The fourth-order valence-corrected chi connectivity index (χ4v) is 2.41. The van der Waals surface area contributed by atoms with Crippen LogP contribution in [0.3, 0.4) is 0 Å². The highest BCUT2D eigenvalue weighted by Gasteiger charge is 2.00. The molecular formula is C15H17NS. The van der Waals surface area contributed by atoms with E-state index in [4.69, 9.17) is 5.26 Å². The first-order valence-corrected chi connectivity index (χ1v) is 6.58. The van der Waals surface area contributed by atoms with E-state index in [0.717, 1.165) is 19.3 Å². The van der Waals surface area contributed by atoms with E-state index < -0.39 is 0 Å². The van der Waals surface area contributed by atoms with E-state index in [-0.39, 0.29) is 0 Å². The summed E-state index contributed by atoms with van der Waals surface area (Å²) >= 11 is 1.78. The monoisotopic (exact) mass is 243 g/mol. The molecule has 0 atom stereocenters. The van der Waals surface area contributed by atoms with Crippen molar-refractivity contribution in [3.8, 4) is 6.07 Å². The van der Waals surface area contributed by atoms with Crippen LogP contribution in [0.1, 0.15) is 25.7 Å². The Morgan fingerprint density at radius 3 is 2.76 bits per heavy atom. The number of hydrogen-bond acceptors (Lipinski definition) is 2. The fourth-order valence-electron chi connectivity index (χ4n) is 1.39. The second-order valence-corrected chi connectivity index (χ2v) is 4.82. The number of unbranched alkanes of at least 4 members (excludes halogenated alkanes) is 1. The zero-order chi connectivity index (χ0) is 12.3. The summed E-state index contributed by atoms with van der Waals surface area (Å²) in [5.74, 6) is 0. The molecule has 0 unspecified atom stereocenters. The topological polar surface area (TPSA) is 23.8 Å². The molecule has 1 nitrogen and oxygen atoms in total. The average molecular weight is 243 g/mol. The summed E-state index contributed by atoms with van der Waals surface area (Å²) in [7, 11) is 0. The number of benzene rings is 1. The minimum atomic E-state index is 0.626. The number of nitrogens with zero attached hydrogens (tertiary/aromatic N) is 1. The van der Waals surface area contributed by atoms with Gasteiger partial charge in [-0.2, -0.15) is 5.26 Å². The summed E-state index contributed by atoms with van der Waals surface area (Å²) in [6, 6.07) is 12.5. The van der Waals surface area contributed by atoms with Crippen LogP contribution in [0.4, 0.5) is 0 Å². The van der Waals surface area contributed by atoms with E-state index in [9.17, 15) is 0 Å². The summed E-state index contributed by atoms with van der Waals surface area (Å²) in [5.41, 5.74) is 0. The predicted molar refractivity (Wildman–Crippen MR) is 74.7 cm³/mol. The van der Waals surface area contributed by atoms with Crippen LogP contribution in [0.15, 0.2) is 58.9 Å². The predicted octanol–water partition coefficient (Wildman–Crippen LogP) is 4.93. The third-order valence-corrected chi connectivity index (χ3v) is 3.36. The third kappa shape index (κ3) is 5.99. The van der Waals surface area contributed by atoms with Crippen LogP contribution < -0.4 is 0 Å². The van der Waals surface area contributed by atoms with Gasteiger partial charge in [0, 0.05) is 11.3 Å². The Morgan fingerprint density at radius 1 is 1.35 bits per heavy atom. The molecule has 0 N–H and O–H groups in total. The Bertz CT molecular complexity index is 401. The van der Waals surface area contributed by atoms with E-state index in [1.807, 2.05) is 24.3 Å². The highest BCUT2D eigenvalue weighted by atomic mass is 32.2. The molecule has 0 aliphatic rings. The van der Waals surface area contributed by atoms with Crippen molar-refractivity contribution in [1.29, 1.82) is 5.26 Å². The van der Waals surface area contributed by atoms with Crippen LogP contribution in [-0.4, -0.2) is 0 Å². The number of rotatable bonds is 7. The molecule has 0 saturated carbocycles. The van der Waals surface area contributed by atoms with E-state index in [1.54, 1.807) is 11.8 Å². The molecule has 2 heteroatoms. The largest absolute Gasteiger partial charge is 0.198 e. The first kappa shape index (κ1) is 13.6. The van der Waals surface area contributed by atoms with Crippen LogP contribution in [0, 0.1) is 11.3 Å². The number of thioether (sulfide) groups is 1. The highest BCUT2D eigenvalue weighted by molar-refractivity contribution is 8.03. The normalized spacial score (nSPS) is 10.9. The third-order valence-electron chi connectivity index (χ3n) is 2.22. The smallest absolute Gasteiger partial charge is 0.0621 e. The maximum atomic E-state index is 8.55. The Labute approximate surface area is 108 Å². The van der Waals surface area contributed by atoms with Crippen LogP contribution in [0.2, 0.25) is 0 Å². The van der Waals surface area contributed by atoms with Crippen molar-refractivity contribution < 1.29 is 0 Å². The van der Waals surface area contributed by atoms with Gasteiger partial charge in [-0.1, -0.05) is 42.1 Å². The Morgan fingerprint density at radius 2 is 2.12 bits per heavy atom. The molecule has 0 aliphatic carbocycles. The molecule has 0 aliphatic heterocycles. The van der Waals surface area contributed by atoms with Gasteiger partial charge in [0.25, 0.3) is 0 Å². The van der Waals surface area contributed by atoms with Gasteiger partial charge >= 0.3 is 0 Å². The molecule has 1 rings (SSSR count). The van der Waals surface area contributed by atoms with Crippen molar-refractivity contribution in [3.63, 3.8) is 0 Å². The second kappa shape index (κ2) is 8.66. The van der Waals surface area contributed by atoms with Crippen LogP contribution in [0.5, 0.6) is 0 Å². The van der Waals surface area contributed by atoms with Crippen molar-refractivity contribution in [2.75, 3.05) is 0 Å². The molecule has 0 aromatic heterocycles. The van der Waals surface area contributed by atoms with Gasteiger partial charge in [0.05, 0.1) is 6.07 Å². The first-order chi connectivity index (χ1) is 8.36. The van der Waals surface area contributed by atoms with E-state index >= 15 is 0 Å². The summed E-state index contributed by atoms with van der Waals surface area (Å²) in [6.07, 6.45) is 7.51. The average Bonchev–Trinajstić information content (AvgIpc) is 2.37. The molecule has 0 amide bonds. The molecule has 1 aromatic carbocycles. The van der Waals surface area contributed by atoms with Crippen molar-refractivity contribution >= 4 is 11.8 Å². The lowest BCUT2D eigenvalue weighted by molar-refractivity contribution is 0.866. The van der Waals surface area contributed by atoms with Crippen LogP contribution in [0.25, 0.3) is 0 Å². The Kier molecular flexibility index (Phi) is 6.93. The molecular weight excluding hydrogens is 226 g/mol. The molecule has 1 aromatic rings. The molecule has 88 valence electrons. The first-order valence-electron chi connectivity index (χ1n) is 5.76. The van der Waals surface area contributed by atoms with Crippen molar-refractivity contribution in [2.24, 2.45) is 0 Å². The fraction of sp³-hybridized carbons (Fsp3) is 0.267. The van der Waals surface area contributed by atoms with Crippen molar-refractivity contribution in [3.05, 3.63) is 54.0 Å². The highest BCUT2D eigenvalue weighted by Crippen LogP contribution is 2.30. The number of hydrogen-bond donors (Lipinski definition) is 0. The molecule has 0 saturated heterocycles. The molecule has 0 bridgehead atoms. The summed E-state index contributed by atoms with van der Waals surface area (Å²) in [6.45, 7) is 3.73. The standard InChI is InChI=1S/C15H17NS/c1-2-3-9-14(12-7-8-13-16)17-15-10-5-4-6-11-15/h2,4-6,9-11H,1,3,7-8,12H2/b14-9-. The summed E-state index contributed by atoms with van der Waals surface area (Å²) in [4.78, 5) is 2.58. The van der Waals surface area contributed by atoms with Gasteiger partial charge in [0.1, 0.15) is 0 Å². The SMILES string of the molecule is C=CC/C=C(/CCCC#N)Sc1ccccc1. The maximum absolute atomic E-state index is 8.55. The van der Waals surface area contributed by atoms with Crippen LogP contribution in [-0.2, 0) is 0 Å². The van der Waals surface area contributed by atoms with Gasteiger partial charge in [-0.25, -0.2) is 0 Å². The van der Waals surface area contributed by atoms with Crippen molar-refractivity contribution in [2.45, 2.75) is 30.6 Å². The van der Waals surface area contributed by atoms with E-state index in [2.05, 4.69) is 30.9 Å². The second-order valence-electron chi connectivity index (χ2n) is 3.62. The van der Waals surface area contributed by atoms with E-state index in [0.29, 0.717) is 6.42 Å². The minimum Gasteiger partial charge on any atom is -0.198 e. The quantitative estimate of drug-likeness (QED) is 0.385. The number of nitriles is 1. The summed E-state index contributed by atoms with van der Waals surface area (Å²) in [5, 5.41) is 8.55. The van der Waals surface area contributed by atoms with Gasteiger partial charge in [0.2, 0.25) is 0 Å². The summed E-state index contributed by atoms with van der Waals surface area (Å²) < 4.78 is 0. The molecule has 17 heavy (non-hydrogen) atoms. The van der Waals surface area contributed by atoms with Crippen LogP contribution >= 0.6 is 11.8 Å². The van der Waals surface area contributed by atoms with Gasteiger partial charge < -0.3 is 0 Å². The molecule has 0 heterocycles. The van der Waals surface area contributed by atoms with Gasteiger partial charge in [-0.3, -0.25) is 0 Å². The zero-order valence-electron chi connectivity index (χ0n) is 9.93. The lowest BCUT2D eigenvalue weighted by Gasteiger charge is -2.06. The minimum absolute atomic E-state index is 0.626. The van der Waals surface area contributed by atoms with Crippen molar-refractivity contribution in [1.82, 2.24) is 0 Å². The van der Waals surface area contributed by atoms with E-state index in [1.165, 1.54) is 9.80 Å². The maximum Gasteiger partial charge on any atom is 0.0621 e. The zero-order valence-corrected chi connectivity index (χ0v) is 10.7. The molecule has 0 fully saturated rings. The molecule has 0 spiro atoms. The molecule has 0 radical (unpaired) electrons.